The van der Waals surface area contributed by atoms with Gasteiger partial charge in [-0.3, -0.25) is 0 Å². The van der Waals surface area contributed by atoms with Crippen molar-refractivity contribution in [3.05, 3.63) is 59.9 Å². The summed E-state index contributed by atoms with van der Waals surface area (Å²) < 4.78 is 10.4. The SMILES string of the molecule is COc1ccc(-c2nc(Cc3ccc(N)cc3)no2)cc1. The van der Waals surface area contributed by atoms with Crippen LogP contribution in [0.25, 0.3) is 11.5 Å². The highest BCUT2D eigenvalue weighted by Crippen LogP contribution is 2.21. The number of aromatic nitrogens is 2. The van der Waals surface area contributed by atoms with Gasteiger partial charge < -0.3 is 15.0 Å². The standard InChI is InChI=1S/C16H15N3O2/c1-20-14-8-4-12(5-9-14)16-18-15(19-21-16)10-11-2-6-13(17)7-3-11/h2-9H,10,17H2,1H3. The highest BCUT2D eigenvalue weighted by molar-refractivity contribution is 5.54. The Labute approximate surface area is 122 Å². The topological polar surface area (TPSA) is 74.2 Å². The highest BCUT2D eigenvalue weighted by Gasteiger charge is 2.09. The summed E-state index contributed by atoms with van der Waals surface area (Å²) in [6.45, 7) is 0. The predicted octanol–water partition coefficient (Wildman–Crippen LogP) is 2.92. The van der Waals surface area contributed by atoms with E-state index in [0.717, 1.165) is 22.6 Å². The van der Waals surface area contributed by atoms with Crippen LogP contribution >= 0.6 is 0 Å². The molecule has 5 heteroatoms. The van der Waals surface area contributed by atoms with E-state index < -0.39 is 0 Å². The number of hydrogen-bond donors (Lipinski definition) is 1. The van der Waals surface area contributed by atoms with Crippen LogP contribution in [0.3, 0.4) is 0 Å². The Balaban J connectivity index is 1.77. The van der Waals surface area contributed by atoms with Crippen molar-refractivity contribution in [2.75, 3.05) is 12.8 Å². The Morgan fingerprint density at radius 1 is 1.05 bits per heavy atom. The Morgan fingerprint density at radius 2 is 1.76 bits per heavy atom. The van der Waals surface area contributed by atoms with Crippen LogP contribution in [0, 0.1) is 0 Å². The first-order chi connectivity index (χ1) is 10.2. The zero-order chi connectivity index (χ0) is 14.7. The Morgan fingerprint density at radius 3 is 2.43 bits per heavy atom. The molecule has 21 heavy (non-hydrogen) atoms. The van der Waals surface area contributed by atoms with Crippen LogP contribution < -0.4 is 10.5 Å². The summed E-state index contributed by atoms with van der Waals surface area (Å²) in [7, 11) is 1.63. The van der Waals surface area contributed by atoms with E-state index in [4.69, 9.17) is 15.0 Å². The number of hydrogen-bond acceptors (Lipinski definition) is 5. The Kier molecular flexibility index (Phi) is 3.55. The minimum Gasteiger partial charge on any atom is -0.497 e. The second-order valence-corrected chi connectivity index (χ2v) is 4.66. The second-order valence-electron chi connectivity index (χ2n) is 4.66. The molecule has 0 amide bonds. The van der Waals surface area contributed by atoms with Crippen molar-refractivity contribution in [2.45, 2.75) is 6.42 Å². The fourth-order valence-electron chi connectivity index (χ4n) is 1.99. The van der Waals surface area contributed by atoms with Crippen LogP contribution in [0.2, 0.25) is 0 Å². The van der Waals surface area contributed by atoms with E-state index in [1.165, 1.54) is 0 Å². The van der Waals surface area contributed by atoms with Gasteiger partial charge in [-0.2, -0.15) is 4.98 Å². The molecule has 0 aliphatic carbocycles. The Hall–Kier alpha value is -2.82. The van der Waals surface area contributed by atoms with E-state index in [1.54, 1.807) is 7.11 Å². The monoisotopic (exact) mass is 281 g/mol. The molecule has 0 saturated heterocycles. The van der Waals surface area contributed by atoms with Gasteiger partial charge in [0, 0.05) is 17.7 Å². The molecule has 0 atom stereocenters. The summed E-state index contributed by atoms with van der Waals surface area (Å²) in [6.07, 6.45) is 0.611. The molecule has 5 nitrogen and oxygen atoms in total. The van der Waals surface area contributed by atoms with Crippen molar-refractivity contribution in [3.63, 3.8) is 0 Å². The number of nitrogens with two attached hydrogens (primary N) is 1. The third-order valence-corrected chi connectivity index (χ3v) is 3.15. The van der Waals surface area contributed by atoms with Crippen molar-refractivity contribution >= 4 is 5.69 Å². The molecular formula is C16H15N3O2. The van der Waals surface area contributed by atoms with Gasteiger partial charge in [-0.15, -0.1) is 0 Å². The van der Waals surface area contributed by atoms with Crippen molar-refractivity contribution in [1.29, 1.82) is 0 Å². The maximum absolute atomic E-state index is 5.66. The van der Waals surface area contributed by atoms with Gasteiger partial charge in [-0.05, 0) is 42.0 Å². The van der Waals surface area contributed by atoms with Gasteiger partial charge >= 0.3 is 0 Å². The maximum atomic E-state index is 5.66. The summed E-state index contributed by atoms with van der Waals surface area (Å²) in [6, 6.07) is 15.1. The van der Waals surface area contributed by atoms with Crippen molar-refractivity contribution in [3.8, 4) is 17.2 Å². The number of benzene rings is 2. The number of nitrogens with zero attached hydrogens (tertiary/aromatic N) is 2. The molecule has 0 fully saturated rings. The van der Waals surface area contributed by atoms with E-state index >= 15 is 0 Å². The fourth-order valence-corrected chi connectivity index (χ4v) is 1.99. The fraction of sp³-hybridized carbons (Fsp3) is 0.125. The molecule has 2 aromatic carbocycles. The van der Waals surface area contributed by atoms with Crippen LogP contribution in [0.5, 0.6) is 5.75 Å². The van der Waals surface area contributed by atoms with E-state index in [2.05, 4.69) is 10.1 Å². The zero-order valence-corrected chi connectivity index (χ0v) is 11.6. The molecule has 0 aliphatic heterocycles. The van der Waals surface area contributed by atoms with Crippen LogP contribution in [-0.4, -0.2) is 17.3 Å². The number of anilines is 1. The van der Waals surface area contributed by atoms with Crippen LogP contribution in [0.4, 0.5) is 5.69 Å². The van der Waals surface area contributed by atoms with E-state index in [0.29, 0.717) is 18.1 Å². The molecule has 0 bridgehead atoms. The molecule has 2 N–H and O–H groups in total. The third kappa shape index (κ3) is 3.02. The minimum atomic E-state index is 0.503. The van der Waals surface area contributed by atoms with E-state index in [9.17, 15) is 0 Å². The van der Waals surface area contributed by atoms with Gasteiger partial charge in [0.25, 0.3) is 5.89 Å². The summed E-state index contributed by atoms with van der Waals surface area (Å²) in [5, 5.41) is 4.00. The van der Waals surface area contributed by atoms with E-state index in [-0.39, 0.29) is 0 Å². The number of ether oxygens (including phenoxy) is 1. The quantitative estimate of drug-likeness (QED) is 0.744. The lowest BCUT2D eigenvalue weighted by Crippen LogP contribution is -1.92. The van der Waals surface area contributed by atoms with Crippen molar-refractivity contribution in [1.82, 2.24) is 10.1 Å². The maximum Gasteiger partial charge on any atom is 0.257 e. The molecule has 0 aliphatic rings. The molecule has 3 rings (SSSR count). The normalized spacial score (nSPS) is 10.5. The Bertz CT molecular complexity index is 718. The number of rotatable bonds is 4. The molecule has 1 aromatic heterocycles. The summed E-state index contributed by atoms with van der Waals surface area (Å²) in [4.78, 5) is 4.40. The summed E-state index contributed by atoms with van der Waals surface area (Å²) >= 11 is 0. The van der Waals surface area contributed by atoms with Crippen molar-refractivity contribution in [2.24, 2.45) is 0 Å². The van der Waals surface area contributed by atoms with Gasteiger partial charge in [-0.1, -0.05) is 17.3 Å². The lowest BCUT2D eigenvalue weighted by Gasteiger charge is -1.99. The smallest absolute Gasteiger partial charge is 0.257 e. The van der Waals surface area contributed by atoms with E-state index in [1.807, 2.05) is 48.5 Å². The van der Waals surface area contributed by atoms with Crippen LogP contribution in [0.15, 0.2) is 53.1 Å². The summed E-state index contributed by atoms with van der Waals surface area (Å²) in [5.41, 5.74) is 8.36. The van der Waals surface area contributed by atoms with Crippen LogP contribution in [-0.2, 0) is 6.42 Å². The van der Waals surface area contributed by atoms with Crippen molar-refractivity contribution < 1.29 is 9.26 Å². The van der Waals surface area contributed by atoms with Gasteiger partial charge in [-0.25, -0.2) is 0 Å². The highest BCUT2D eigenvalue weighted by atomic mass is 16.5. The van der Waals surface area contributed by atoms with Gasteiger partial charge in [0.2, 0.25) is 0 Å². The van der Waals surface area contributed by atoms with Gasteiger partial charge in [0.15, 0.2) is 5.82 Å². The molecule has 0 radical (unpaired) electrons. The predicted molar refractivity (Wildman–Crippen MR) is 79.9 cm³/mol. The number of methoxy groups -OCH3 is 1. The number of nitrogen functional groups attached to an aromatic ring is 1. The minimum absolute atomic E-state index is 0.503. The first-order valence-corrected chi connectivity index (χ1v) is 6.56. The molecule has 3 aromatic rings. The molecule has 1 heterocycles. The average molecular weight is 281 g/mol. The van der Waals surface area contributed by atoms with Crippen LogP contribution in [0.1, 0.15) is 11.4 Å². The lowest BCUT2D eigenvalue weighted by molar-refractivity contribution is 0.414. The second kappa shape index (κ2) is 5.66. The lowest BCUT2D eigenvalue weighted by atomic mass is 10.1. The molecule has 0 spiro atoms. The molecule has 0 unspecified atom stereocenters. The first kappa shape index (κ1) is 13.2. The first-order valence-electron chi connectivity index (χ1n) is 6.56. The largest absolute Gasteiger partial charge is 0.497 e. The molecule has 0 saturated carbocycles. The summed E-state index contributed by atoms with van der Waals surface area (Å²) in [5.74, 6) is 1.94. The molecular weight excluding hydrogens is 266 g/mol. The third-order valence-electron chi connectivity index (χ3n) is 3.15. The van der Waals surface area contributed by atoms with Gasteiger partial charge in [0.05, 0.1) is 7.11 Å². The molecule has 106 valence electrons. The zero-order valence-electron chi connectivity index (χ0n) is 11.6. The van der Waals surface area contributed by atoms with Gasteiger partial charge in [0.1, 0.15) is 5.75 Å². The average Bonchev–Trinajstić information content (AvgIpc) is 2.98.